The van der Waals surface area contributed by atoms with Crippen molar-refractivity contribution in [1.29, 1.82) is 0 Å². The summed E-state index contributed by atoms with van der Waals surface area (Å²) >= 11 is 0. The van der Waals surface area contributed by atoms with Gasteiger partial charge in [-0.05, 0) is 67.9 Å². The first kappa shape index (κ1) is 25.9. The maximum atomic E-state index is 14.0. The number of aromatic hydroxyl groups is 1. The first-order chi connectivity index (χ1) is 19.3. The number of anilines is 1. The molecule has 4 atom stereocenters. The molecule has 1 heterocycles. The maximum absolute atomic E-state index is 14.0. The van der Waals surface area contributed by atoms with Crippen molar-refractivity contribution in [1.82, 2.24) is 0 Å². The van der Waals surface area contributed by atoms with Gasteiger partial charge in [0.05, 0.1) is 17.5 Å². The fourth-order valence-corrected chi connectivity index (χ4v) is 7.04. The van der Waals surface area contributed by atoms with Gasteiger partial charge in [-0.1, -0.05) is 55.0 Å². The Balaban J connectivity index is 1.48. The average Bonchev–Trinajstić information content (AvgIpc) is 3.21. The fourth-order valence-electron chi connectivity index (χ4n) is 7.04. The Bertz CT molecular complexity index is 1590. The summed E-state index contributed by atoms with van der Waals surface area (Å²) in [5, 5.41) is 11.3. The van der Waals surface area contributed by atoms with Gasteiger partial charge in [-0.3, -0.25) is 24.1 Å². The molecule has 2 aromatic carbocycles. The Labute approximate surface area is 233 Å². The van der Waals surface area contributed by atoms with E-state index in [1.807, 2.05) is 43.3 Å². The molecule has 2 aromatic rings. The van der Waals surface area contributed by atoms with Crippen LogP contribution in [0, 0.1) is 17.8 Å². The molecular weight excluding hydrogens is 502 g/mol. The molecule has 0 saturated carbocycles. The predicted molar refractivity (Wildman–Crippen MR) is 152 cm³/mol. The van der Waals surface area contributed by atoms with Crippen LogP contribution in [0.2, 0.25) is 0 Å². The highest BCUT2D eigenvalue weighted by Crippen LogP contribution is 2.56. The summed E-state index contributed by atoms with van der Waals surface area (Å²) in [5.74, 6) is -3.23. The average molecular weight is 534 g/mol. The first-order valence-corrected chi connectivity index (χ1v) is 13.9. The number of Topliss-reactive ketones (excluding diaryl/α,β-unsaturated/α-hetero) is 1. The Morgan fingerprint density at radius 3 is 2.48 bits per heavy atom. The molecule has 1 N–H and O–H groups in total. The van der Waals surface area contributed by atoms with Crippen LogP contribution in [-0.2, 0) is 32.0 Å². The number of para-hydroxylation sites is 1. The molecule has 1 aliphatic heterocycles. The lowest BCUT2D eigenvalue weighted by Crippen LogP contribution is -2.39. The van der Waals surface area contributed by atoms with Crippen molar-refractivity contribution in [2.24, 2.45) is 17.8 Å². The van der Waals surface area contributed by atoms with Crippen LogP contribution < -0.4 is 4.90 Å². The van der Waals surface area contributed by atoms with Gasteiger partial charge in [0.2, 0.25) is 11.8 Å². The number of phenolic OH excluding ortho intramolecular Hbond substituents is 1. The largest absolute Gasteiger partial charge is 0.507 e. The third-order valence-electron chi connectivity index (χ3n) is 8.99. The van der Waals surface area contributed by atoms with Crippen molar-refractivity contribution in [2.45, 2.75) is 45.4 Å². The Morgan fingerprint density at radius 2 is 1.77 bits per heavy atom. The molecule has 4 unspecified atom stereocenters. The number of aryl methyl sites for hydroxylation is 1. The highest BCUT2D eigenvalue weighted by Gasteiger charge is 2.56. The number of carbonyl (C=O) groups excluding carboxylic acids is 4. The number of ketones is 2. The van der Waals surface area contributed by atoms with Gasteiger partial charge in [-0.15, -0.1) is 6.58 Å². The van der Waals surface area contributed by atoms with Crippen LogP contribution in [0.3, 0.4) is 0 Å². The first-order valence-electron chi connectivity index (χ1n) is 13.9. The van der Waals surface area contributed by atoms with Crippen molar-refractivity contribution in [3.63, 3.8) is 0 Å². The molecule has 6 heteroatoms. The van der Waals surface area contributed by atoms with Crippen LogP contribution in [0.15, 0.2) is 89.6 Å². The number of phenols is 1. The molecule has 1 fully saturated rings. The molecule has 0 bridgehead atoms. The molecule has 40 heavy (non-hydrogen) atoms. The van der Waals surface area contributed by atoms with E-state index in [0.717, 1.165) is 17.6 Å². The fraction of sp³-hybridized carbons (Fsp3) is 0.294. The maximum Gasteiger partial charge on any atom is 0.238 e. The van der Waals surface area contributed by atoms with Crippen molar-refractivity contribution in [2.75, 3.05) is 4.90 Å². The summed E-state index contributed by atoms with van der Waals surface area (Å²) in [5.41, 5.74) is 4.79. The second kappa shape index (κ2) is 9.70. The van der Waals surface area contributed by atoms with Crippen molar-refractivity contribution < 1.29 is 24.3 Å². The van der Waals surface area contributed by atoms with Gasteiger partial charge in [-0.2, -0.15) is 0 Å². The molecule has 3 aliphatic carbocycles. The van der Waals surface area contributed by atoms with E-state index in [1.165, 1.54) is 11.0 Å². The smallest absolute Gasteiger partial charge is 0.238 e. The summed E-state index contributed by atoms with van der Waals surface area (Å²) in [6.07, 6.45) is 6.90. The second-order valence-corrected chi connectivity index (χ2v) is 11.1. The van der Waals surface area contributed by atoms with Crippen molar-refractivity contribution in [3.05, 3.63) is 106 Å². The van der Waals surface area contributed by atoms with Crippen LogP contribution in [0.25, 0.3) is 0 Å². The second-order valence-electron chi connectivity index (χ2n) is 11.1. The van der Waals surface area contributed by atoms with E-state index in [4.69, 9.17) is 0 Å². The molecule has 0 spiro atoms. The number of fused-ring (bicyclic) bond motifs is 3. The quantitative estimate of drug-likeness (QED) is 0.319. The molecular formula is C34H31NO5. The molecule has 4 aliphatic rings. The minimum atomic E-state index is -0.680. The zero-order valence-corrected chi connectivity index (χ0v) is 22.6. The Kier molecular flexibility index (Phi) is 6.29. The van der Waals surface area contributed by atoms with Crippen LogP contribution in [0.4, 0.5) is 5.69 Å². The van der Waals surface area contributed by atoms with Crippen LogP contribution in [-0.4, -0.2) is 28.5 Å². The van der Waals surface area contributed by atoms with E-state index in [0.29, 0.717) is 46.4 Å². The third-order valence-corrected chi connectivity index (χ3v) is 8.99. The Morgan fingerprint density at radius 1 is 1.02 bits per heavy atom. The van der Waals surface area contributed by atoms with Crippen molar-refractivity contribution >= 4 is 29.1 Å². The van der Waals surface area contributed by atoms with Gasteiger partial charge in [0, 0.05) is 28.2 Å². The molecule has 1 saturated heterocycles. The molecule has 2 amide bonds. The molecule has 6 rings (SSSR count). The number of nitrogens with zero attached hydrogens (tertiary/aromatic N) is 1. The van der Waals surface area contributed by atoms with Crippen LogP contribution in [0.5, 0.6) is 5.75 Å². The SMILES string of the molecule is C=CCc1cccc(C2C3=CCC4C(=O)N(c5ccc(CC)cc5)C(=O)C4C3CC3=C2C(=O)C=C(C)C3=O)c1O. The van der Waals surface area contributed by atoms with Gasteiger partial charge in [0.25, 0.3) is 0 Å². The molecule has 0 aromatic heterocycles. The lowest BCUT2D eigenvalue weighted by molar-refractivity contribution is -0.123. The van der Waals surface area contributed by atoms with E-state index in [9.17, 15) is 24.3 Å². The minimum absolute atomic E-state index is 0.0564. The summed E-state index contributed by atoms with van der Waals surface area (Å²) < 4.78 is 0. The summed E-state index contributed by atoms with van der Waals surface area (Å²) in [7, 11) is 0. The number of rotatable bonds is 5. The number of allylic oxidation sites excluding steroid dienone is 7. The molecule has 202 valence electrons. The minimum Gasteiger partial charge on any atom is -0.507 e. The number of imide groups is 1. The van der Waals surface area contributed by atoms with E-state index in [2.05, 4.69) is 6.58 Å². The van der Waals surface area contributed by atoms with Crippen LogP contribution >= 0.6 is 0 Å². The van der Waals surface area contributed by atoms with Gasteiger partial charge in [0.1, 0.15) is 5.75 Å². The zero-order chi connectivity index (χ0) is 28.3. The van der Waals surface area contributed by atoms with E-state index in [1.54, 1.807) is 25.1 Å². The summed E-state index contributed by atoms with van der Waals surface area (Å²) in [6.45, 7) is 7.45. The van der Waals surface area contributed by atoms with Gasteiger partial charge in [0.15, 0.2) is 11.6 Å². The molecule has 0 radical (unpaired) electrons. The number of benzene rings is 2. The zero-order valence-electron chi connectivity index (χ0n) is 22.6. The lowest BCUT2D eigenvalue weighted by Gasteiger charge is -2.42. The van der Waals surface area contributed by atoms with E-state index < -0.39 is 23.7 Å². The Hall–Kier alpha value is -4.32. The predicted octanol–water partition coefficient (Wildman–Crippen LogP) is 5.32. The van der Waals surface area contributed by atoms with Gasteiger partial charge >= 0.3 is 0 Å². The van der Waals surface area contributed by atoms with E-state index >= 15 is 0 Å². The summed E-state index contributed by atoms with van der Waals surface area (Å²) in [4.78, 5) is 55.9. The van der Waals surface area contributed by atoms with E-state index in [-0.39, 0.29) is 35.6 Å². The van der Waals surface area contributed by atoms with Crippen LogP contribution in [0.1, 0.15) is 49.3 Å². The topological polar surface area (TPSA) is 91.8 Å². The highest BCUT2D eigenvalue weighted by atomic mass is 16.3. The standard InChI is InChI=1S/C34H31NO5/c1-4-7-20-8-6-9-23(32(20)38)28-22-14-15-24-29(25(22)17-26-30(28)27(36)16-18(3)31(26)37)34(40)35(33(24)39)21-12-10-19(5-2)11-13-21/h4,6,8-14,16,24-25,28-29,38H,1,5,7,15,17H2,2-3H3. The van der Waals surface area contributed by atoms with Crippen molar-refractivity contribution in [3.8, 4) is 5.75 Å². The number of amides is 2. The lowest BCUT2D eigenvalue weighted by atomic mass is 9.59. The highest BCUT2D eigenvalue weighted by molar-refractivity contribution is 6.25. The summed E-state index contributed by atoms with van der Waals surface area (Å²) in [6, 6.07) is 12.9. The van der Waals surface area contributed by atoms with Gasteiger partial charge < -0.3 is 5.11 Å². The number of carbonyl (C=O) groups is 4. The normalized spacial score (nSPS) is 25.8. The van der Waals surface area contributed by atoms with Gasteiger partial charge in [-0.25, -0.2) is 0 Å². The number of hydrogen-bond acceptors (Lipinski definition) is 5. The third kappa shape index (κ3) is 3.77. The number of hydrogen-bond donors (Lipinski definition) is 1. The molecule has 6 nitrogen and oxygen atoms in total. The monoisotopic (exact) mass is 533 g/mol.